The Morgan fingerprint density at radius 1 is 1.53 bits per heavy atom. The predicted molar refractivity (Wildman–Crippen MR) is 58.1 cm³/mol. The van der Waals surface area contributed by atoms with E-state index in [1.54, 1.807) is 0 Å². The van der Waals surface area contributed by atoms with Crippen molar-refractivity contribution in [3.05, 3.63) is 27.6 Å². The van der Waals surface area contributed by atoms with Gasteiger partial charge in [-0.25, -0.2) is 13.8 Å². The second-order valence-electron chi connectivity index (χ2n) is 3.36. The Labute approximate surface area is 106 Å². The van der Waals surface area contributed by atoms with Crippen molar-refractivity contribution in [2.75, 3.05) is 14.2 Å². The molecule has 0 aromatic carbocycles. The van der Waals surface area contributed by atoms with Crippen LogP contribution in [0, 0.1) is 10.1 Å². The highest BCUT2D eigenvalue weighted by Gasteiger charge is 2.31. The van der Waals surface area contributed by atoms with Crippen LogP contribution in [0.4, 0.5) is 14.5 Å². The van der Waals surface area contributed by atoms with Crippen LogP contribution in [0.5, 0.6) is 5.75 Å². The van der Waals surface area contributed by atoms with E-state index in [0.29, 0.717) is 0 Å². The maximum absolute atomic E-state index is 12.7. The van der Waals surface area contributed by atoms with Crippen LogP contribution in [-0.4, -0.2) is 30.1 Å². The normalized spacial score (nSPS) is 10.4. The van der Waals surface area contributed by atoms with Crippen LogP contribution < -0.4 is 4.74 Å². The third-order valence-corrected chi connectivity index (χ3v) is 2.26. The highest BCUT2D eigenvalue weighted by molar-refractivity contribution is 5.74. The fourth-order valence-electron chi connectivity index (χ4n) is 1.45. The number of halogens is 2. The molecule has 7 nitrogen and oxygen atoms in total. The first-order valence-corrected chi connectivity index (χ1v) is 4.97. The number of rotatable bonds is 5. The van der Waals surface area contributed by atoms with E-state index in [1.165, 1.54) is 0 Å². The Hall–Kier alpha value is -2.32. The quantitative estimate of drug-likeness (QED) is 0.461. The maximum atomic E-state index is 12.7. The summed E-state index contributed by atoms with van der Waals surface area (Å²) >= 11 is 0. The molecule has 104 valence electrons. The van der Waals surface area contributed by atoms with Crippen LogP contribution in [0.2, 0.25) is 0 Å². The molecule has 0 saturated carbocycles. The van der Waals surface area contributed by atoms with E-state index < -0.39 is 34.4 Å². The van der Waals surface area contributed by atoms with Gasteiger partial charge in [0.15, 0.2) is 5.69 Å². The van der Waals surface area contributed by atoms with E-state index >= 15 is 0 Å². The van der Waals surface area contributed by atoms with Crippen LogP contribution in [0.1, 0.15) is 17.7 Å². The van der Waals surface area contributed by atoms with Gasteiger partial charge >= 0.3 is 11.7 Å². The number of nitrogens with zero attached hydrogens (tertiary/aromatic N) is 2. The minimum Gasteiger partial charge on any atom is -0.490 e. The molecule has 0 aliphatic carbocycles. The number of hydrogen-bond donors (Lipinski definition) is 0. The van der Waals surface area contributed by atoms with Gasteiger partial charge in [0.1, 0.15) is 0 Å². The molecule has 1 rings (SSSR count). The third-order valence-electron chi connectivity index (χ3n) is 2.26. The number of nitro groups is 1. The number of carbonyl (C=O) groups excluding carboxylic acids is 1. The van der Waals surface area contributed by atoms with E-state index in [4.69, 9.17) is 4.74 Å². The Bertz CT molecular complexity index is 507. The summed E-state index contributed by atoms with van der Waals surface area (Å²) in [7, 11) is 2.21. The first-order chi connectivity index (χ1) is 8.92. The van der Waals surface area contributed by atoms with Gasteiger partial charge in [0.05, 0.1) is 25.6 Å². The monoisotopic (exact) mass is 276 g/mol. The molecule has 19 heavy (non-hydrogen) atoms. The zero-order chi connectivity index (χ0) is 14.6. The van der Waals surface area contributed by atoms with Crippen molar-refractivity contribution in [1.82, 2.24) is 4.98 Å². The summed E-state index contributed by atoms with van der Waals surface area (Å²) < 4.78 is 34.4. The van der Waals surface area contributed by atoms with Crippen molar-refractivity contribution in [2.45, 2.75) is 12.8 Å². The summed E-state index contributed by atoms with van der Waals surface area (Å²) in [6.45, 7) is 0. The predicted octanol–water partition coefficient (Wildman–Crippen LogP) is 1.65. The van der Waals surface area contributed by atoms with Crippen molar-refractivity contribution in [2.24, 2.45) is 0 Å². The molecule has 0 saturated heterocycles. The van der Waals surface area contributed by atoms with Gasteiger partial charge in [-0.2, -0.15) is 0 Å². The molecule has 0 aliphatic rings. The molecular formula is C10H10F2N2O5. The Balaban J connectivity index is 3.40. The van der Waals surface area contributed by atoms with Gasteiger partial charge in [-0.3, -0.25) is 14.9 Å². The number of aromatic nitrogens is 1. The topological polar surface area (TPSA) is 91.6 Å². The fourth-order valence-corrected chi connectivity index (χ4v) is 1.45. The van der Waals surface area contributed by atoms with Gasteiger partial charge in [0, 0.05) is 11.8 Å². The highest BCUT2D eigenvalue weighted by atomic mass is 19.3. The lowest BCUT2D eigenvalue weighted by Crippen LogP contribution is -2.10. The summed E-state index contributed by atoms with van der Waals surface area (Å²) in [5, 5.41) is 10.8. The molecule has 1 heterocycles. The molecule has 1 aromatic rings. The maximum Gasteiger partial charge on any atom is 0.338 e. The molecule has 0 fully saturated rings. The Morgan fingerprint density at radius 2 is 2.16 bits per heavy atom. The molecule has 0 bridgehead atoms. The van der Waals surface area contributed by atoms with Gasteiger partial charge in [0.25, 0.3) is 6.43 Å². The van der Waals surface area contributed by atoms with Gasteiger partial charge in [-0.15, -0.1) is 0 Å². The van der Waals surface area contributed by atoms with E-state index in [9.17, 15) is 23.7 Å². The van der Waals surface area contributed by atoms with Crippen LogP contribution in [0.3, 0.4) is 0 Å². The van der Waals surface area contributed by atoms with Crippen molar-refractivity contribution in [1.29, 1.82) is 0 Å². The Morgan fingerprint density at radius 3 is 2.58 bits per heavy atom. The number of esters is 1. The van der Waals surface area contributed by atoms with Crippen LogP contribution in [0.25, 0.3) is 0 Å². The van der Waals surface area contributed by atoms with Crippen LogP contribution in [0.15, 0.2) is 6.20 Å². The number of methoxy groups -OCH3 is 2. The molecule has 9 heteroatoms. The summed E-state index contributed by atoms with van der Waals surface area (Å²) in [6.07, 6.45) is -2.55. The molecule has 0 spiro atoms. The zero-order valence-electron chi connectivity index (χ0n) is 10.1. The smallest absolute Gasteiger partial charge is 0.338 e. The Kier molecular flexibility index (Phi) is 4.67. The van der Waals surface area contributed by atoms with Crippen molar-refractivity contribution in [3.63, 3.8) is 0 Å². The lowest BCUT2D eigenvalue weighted by Gasteiger charge is -2.10. The van der Waals surface area contributed by atoms with E-state index in [-0.39, 0.29) is 12.0 Å². The van der Waals surface area contributed by atoms with Gasteiger partial charge in [-0.05, 0) is 0 Å². The lowest BCUT2D eigenvalue weighted by atomic mass is 10.1. The van der Waals surface area contributed by atoms with Gasteiger partial charge in [0.2, 0.25) is 5.75 Å². The minimum atomic E-state index is -3.12. The second kappa shape index (κ2) is 6.03. The van der Waals surface area contributed by atoms with Crippen LogP contribution >= 0.6 is 0 Å². The average molecular weight is 276 g/mol. The zero-order valence-corrected chi connectivity index (χ0v) is 10.1. The number of alkyl halides is 2. The average Bonchev–Trinajstić information content (AvgIpc) is 2.37. The van der Waals surface area contributed by atoms with Crippen molar-refractivity contribution >= 4 is 11.7 Å². The molecule has 0 aliphatic heterocycles. The SMILES string of the molecule is COC(=O)Cc1cnc(C(F)F)c([N+](=O)[O-])c1OC. The molecule has 0 unspecified atom stereocenters. The molecule has 0 amide bonds. The van der Waals surface area contributed by atoms with Crippen molar-refractivity contribution < 1.29 is 28.0 Å². The first kappa shape index (κ1) is 14.7. The first-order valence-electron chi connectivity index (χ1n) is 4.97. The number of hydrogen-bond acceptors (Lipinski definition) is 6. The fraction of sp³-hybridized carbons (Fsp3) is 0.400. The molecule has 0 N–H and O–H groups in total. The standard InChI is InChI=1S/C10H10F2N2O5/c1-18-6(15)3-5-4-13-7(10(11)12)8(14(16)17)9(5)19-2/h4,10H,3H2,1-2H3. The second-order valence-corrected chi connectivity index (χ2v) is 3.36. The van der Waals surface area contributed by atoms with Crippen molar-refractivity contribution in [3.8, 4) is 5.75 Å². The van der Waals surface area contributed by atoms with E-state index in [0.717, 1.165) is 20.4 Å². The van der Waals surface area contributed by atoms with E-state index in [1.807, 2.05) is 0 Å². The molecular weight excluding hydrogens is 266 g/mol. The minimum absolute atomic E-state index is 0.00505. The third kappa shape index (κ3) is 3.12. The van der Waals surface area contributed by atoms with Gasteiger partial charge in [-0.1, -0.05) is 0 Å². The number of ether oxygens (including phenoxy) is 2. The lowest BCUT2D eigenvalue weighted by molar-refractivity contribution is -0.387. The largest absolute Gasteiger partial charge is 0.490 e. The van der Waals surface area contributed by atoms with E-state index in [2.05, 4.69) is 9.72 Å². The molecule has 0 atom stereocenters. The van der Waals surface area contributed by atoms with Gasteiger partial charge < -0.3 is 9.47 Å². The summed E-state index contributed by atoms with van der Waals surface area (Å²) in [6, 6.07) is 0. The summed E-state index contributed by atoms with van der Waals surface area (Å²) in [5.74, 6) is -1.11. The van der Waals surface area contributed by atoms with Crippen LogP contribution in [-0.2, 0) is 16.0 Å². The highest BCUT2D eigenvalue weighted by Crippen LogP contribution is 2.37. The summed E-state index contributed by atoms with van der Waals surface area (Å²) in [4.78, 5) is 24.3. The molecule has 1 aromatic heterocycles. The molecule has 0 radical (unpaired) electrons. The number of pyridine rings is 1. The summed E-state index contributed by atoms with van der Waals surface area (Å²) in [5.41, 5.74) is -1.94. The number of carbonyl (C=O) groups is 1.